The number of pyridine rings is 1. The predicted octanol–water partition coefficient (Wildman–Crippen LogP) is 6.40. The monoisotopic (exact) mass is 536 g/mol. The molecule has 0 unspecified atom stereocenters. The van der Waals surface area contributed by atoms with Crippen LogP contribution < -0.4 is 5.32 Å². The molecule has 1 aromatic heterocycles. The number of nitrogens with zero attached hydrogens (tertiary/aromatic N) is 1. The minimum atomic E-state index is -1.41. The summed E-state index contributed by atoms with van der Waals surface area (Å²) in [5.74, 6) is -1.45. The van der Waals surface area contributed by atoms with Crippen LogP contribution in [-0.2, 0) is 10.2 Å². The zero-order chi connectivity index (χ0) is 24.5. The van der Waals surface area contributed by atoms with Gasteiger partial charge in [-0.25, -0.2) is 4.98 Å². The largest absolute Gasteiger partial charge is 0.481 e. The molecule has 0 aliphatic rings. The van der Waals surface area contributed by atoms with E-state index in [2.05, 4.69) is 21.2 Å². The van der Waals surface area contributed by atoms with E-state index in [1.54, 1.807) is 31.2 Å². The maximum atomic E-state index is 13.6. The molecule has 7 heteroatoms. The number of hydrogen-bond acceptors (Lipinski definition) is 3. The molecule has 1 heterocycles. The standard InChI is InChI=1S/C27H22BrClN2O3/c1-16-23(25(32)30-15-27(2,26(33)34)20-10-6-7-11-21(20)29)19-14-18(28)12-13-22(19)31-24(16)17-8-4-3-5-9-17/h3-14H,15H2,1-2H3,(H,30,32)(H,33,34)/t27-/m1/s1. The average Bonchev–Trinajstić information content (AvgIpc) is 2.82. The lowest BCUT2D eigenvalue weighted by Gasteiger charge is -2.27. The number of carbonyl (C=O) groups excluding carboxylic acids is 1. The molecule has 1 amide bonds. The lowest BCUT2D eigenvalue weighted by atomic mass is 9.82. The second-order valence-corrected chi connectivity index (χ2v) is 9.61. The van der Waals surface area contributed by atoms with Crippen LogP contribution in [0.25, 0.3) is 22.2 Å². The Morgan fingerprint density at radius 1 is 1.06 bits per heavy atom. The molecular weight excluding hydrogens is 516 g/mol. The third-order valence-electron chi connectivity index (χ3n) is 6.01. The first-order valence-corrected chi connectivity index (χ1v) is 11.8. The summed E-state index contributed by atoms with van der Waals surface area (Å²) in [4.78, 5) is 30.7. The van der Waals surface area contributed by atoms with Crippen molar-refractivity contribution in [2.75, 3.05) is 6.54 Å². The fraction of sp³-hybridized carbons (Fsp3) is 0.148. The third-order valence-corrected chi connectivity index (χ3v) is 6.83. The number of aromatic nitrogens is 1. The highest BCUT2D eigenvalue weighted by atomic mass is 79.9. The van der Waals surface area contributed by atoms with Crippen LogP contribution in [0.2, 0.25) is 5.02 Å². The van der Waals surface area contributed by atoms with Gasteiger partial charge < -0.3 is 10.4 Å². The van der Waals surface area contributed by atoms with Gasteiger partial charge in [-0.15, -0.1) is 0 Å². The van der Waals surface area contributed by atoms with E-state index in [9.17, 15) is 14.7 Å². The van der Waals surface area contributed by atoms with Gasteiger partial charge in [0.2, 0.25) is 0 Å². The molecule has 0 aliphatic heterocycles. The van der Waals surface area contributed by atoms with Gasteiger partial charge in [0.05, 0.1) is 16.8 Å². The van der Waals surface area contributed by atoms with Crippen LogP contribution in [-0.4, -0.2) is 28.5 Å². The Labute approximate surface area is 210 Å². The van der Waals surface area contributed by atoms with Crippen molar-refractivity contribution >= 4 is 50.3 Å². The Bertz CT molecular complexity index is 1410. The Balaban J connectivity index is 1.79. The first kappa shape index (κ1) is 23.9. The summed E-state index contributed by atoms with van der Waals surface area (Å²) in [7, 11) is 0. The fourth-order valence-corrected chi connectivity index (χ4v) is 4.75. The highest BCUT2D eigenvalue weighted by molar-refractivity contribution is 9.10. The van der Waals surface area contributed by atoms with E-state index in [4.69, 9.17) is 16.6 Å². The van der Waals surface area contributed by atoms with Crippen LogP contribution in [0, 0.1) is 6.92 Å². The Kier molecular flexibility index (Phi) is 6.73. The quantitative estimate of drug-likeness (QED) is 0.298. The Morgan fingerprint density at radius 3 is 2.41 bits per heavy atom. The molecule has 4 aromatic rings. The average molecular weight is 538 g/mol. The number of nitrogens with one attached hydrogen (secondary N) is 1. The molecule has 0 saturated heterocycles. The molecule has 34 heavy (non-hydrogen) atoms. The summed E-state index contributed by atoms with van der Waals surface area (Å²) >= 11 is 9.79. The van der Waals surface area contributed by atoms with E-state index in [-0.39, 0.29) is 12.5 Å². The zero-order valence-corrected chi connectivity index (χ0v) is 20.9. The number of carboxylic acid groups (broad SMARTS) is 1. The Hall–Kier alpha value is -3.22. The van der Waals surface area contributed by atoms with E-state index in [1.165, 1.54) is 0 Å². The molecule has 0 spiro atoms. The van der Waals surface area contributed by atoms with Crippen molar-refractivity contribution in [1.82, 2.24) is 10.3 Å². The number of aliphatic carboxylic acids is 1. The highest BCUT2D eigenvalue weighted by Crippen LogP contribution is 2.33. The first-order valence-electron chi connectivity index (χ1n) is 10.6. The molecule has 5 nitrogen and oxygen atoms in total. The maximum Gasteiger partial charge on any atom is 0.315 e. The number of halogens is 2. The lowest BCUT2D eigenvalue weighted by molar-refractivity contribution is -0.142. The van der Waals surface area contributed by atoms with E-state index in [1.807, 2.05) is 55.5 Å². The molecular formula is C27H22BrClN2O3. The molecule has 0 radical (unpaired) electrons. The van der Waals surface area contributed by atoms with Gasteiger partial charge in [0.1, 0.15) is 5.41 Å². The second-order valence-electron chi connectivity index (χ2n) is 8.29. The number of rotatable bonds is 6. The number of carboxylic acids is 1. The van der Waals surface area contributed by atoms with Crippen molar-refractivity contribution in [3.05, 3.63) is 99.0 Å². The molecule has 0 bridgehead atoms. The van der Waals surface area contributed by atoms with Gasteiger partial charge in [-0.1, -0.05) is 76.1 Å². The normalized spacial score (nSPS) is 12.8. The minimum Gasteiger partial charge on any atom is -0.481 e. The smallest absolute Gasteiger partial charge is 0.315 e. The molecule has 0 saturated carbocycles. The summed E-state index contributed by atoms with van der Waals surface area (Å²) in [6, 6.07) is 22.0. The van der Waals surface area contributed by atoms with Crippen LogP contribution in [0.4, 0.5) is 0 Å². The van der Waals surface area contributed by atoms with Crippen LogP contribution in [0.3, 0.4) is 0 Å². The van der Waals surface area contributed by atoms with Gasteiger partial charge >= 0.3 is 5.97 Å². The third kappa shape index (κ3) is 4.43. The van der Waals surface area contributed by atoms with E-state index in [0.717, 1.165) is 10.0 Å². The SMILES string of the molecule is Cc1c(-c2ccccc2)nc2ccc(Br)cc2c1C(=O)NC[C@@](C)(C(=O)O)c1ccccc1Cl. The summed E-state index contributed by atoms with van der Waals surface area (Å²) < 4.78 is 0.814. The first-order chi connectivity index (χ1) is 16.2. The van der Waals surface area contributed by atoms with Gasteiger partial charge in [0.15, 0.2) is 0 Å². The molecule has 4 rings (SSSR count). The van der Waals surface area contributed by atoms with E-state index in [0.29, 0.717) is 38.3 Å². The molecule has 172 valence electrons. The zero-order valence-electron chi connectivity index (χ0n) is 18.6. The number of benzene rings is 3. The van der Waals surface area contributed by atoms with Crippen molar-refractivity contribution in [1.29, 1.82) is 0 Å². The summed E-state index contributed by atoms with van der Waals surface area (Å²) in [6.45, 7) is 3.28. The van der Waals surface area contributed by atoms with Crippen molar-refractivity contribution in [2.45, 2.75) is 19.3 Å². The fourth-order valence-electron chi connectivity index (χ4n) is 4.04. The number of hydrogen-bond donors (Lipinski definition) is 2. The second kappa shape index (κ2) is 9.57. The van der Waals surface area contributed by atoms with Gasteiger partial charge in [-0.05, 0) is 49.2 Å². The van der Waals surface area contributed by atoms with E-state index >= 15 is 0 Å². The van der Waals surface area contributed by atoms with Crippen LogP contribution in [0.5, 0.6) is 0 Å². The predicted molar refractivity (Wildman–Crippen MR) is 138 cm³/mol. The minimum absolute atomic E-state index is 0.136. The van der Waals surface area contributed by atoms with Gasteiger partial charge in [0, 0.05) is 27.0 Å². The van der Waals surface area contributed by atoms with Crippen molar-refractivity contribution in [3.63, 3.8) is 0 Å². The van der Waals surface area contributed by atoms with Crippen molar-refractivity contribution < 1.29 is 14.7 Å². The molecule has 2 N–H and O–H groups in total. The lowest BCUT2D eigenvalue weighted by Crippen LogP contribution is -2.44. The van der Waals surface area contributed by atoms with Crippen molar-refractivity contribution in [3.8, 4) is 11.3 Å². The highest BCUT2D eigenvalue weighted by Gasteiger charge is 2.37. The summed E-state index contributed by atoms with van der Waals surface area (Å²) in [5.41, 5.74) is 2.46. The van der Waals surface area contributed by atoms with Crippen molar-refractivity contribution in [2.24, 2.45) is 0 Å². The number of carbonyl (C=O) groups is 2. The summed E-state index contributed by atoms with van der Waals surface area (Å²) in [5, 5.41) is 13.9. The van der Waals surface area contributed by atoms with Crippen LogP contribution >= 0.6 is 27.5 Å². The number of fused-ring (bicyclic) bond motifs is 1. The van der Waals surface area contributed by atoms with Gasteiger partial charge in [0.25, 0.3) is 5.91 Å². The number of amides is 1. The molecule has 1 atom stereocenters. The van der Waals surface area contributed by atoms with Gasteiger partial charge in [-0.3, -0.25) is 9.59 Å². The molecule has 0 aliphatic carbocycles. The summed E-state index contributed by atoms with van der Waals surface area (Å²) in [6.07, 6.45) is 0. The van der Waals surface area contributed by atoms with Crippen LogP contribution in [0.1, 0.15) is 28.4 Å². The maximum absolute atomic E-state index is 13.6. The molecule has 3 aromatic carbocycles. The van der Waals surface area contributed by atoms with E-state index < -0.39 is 11.4 Å². The van der Waals surface area contributed by atoms with Crippen LogP contribution in [0.15, 0.2) is 77.3 Å². The van der Waals surface area contributed by atoms with Gasteiger partial charge in [-0.2, -0.15) is 0 Å². The molecule has 0 fully saturated rings. The Morgan fingerprint density at radius 2 is 1.74 bits per heavy atom. The topological polar surface area (TPSA) is 79.3 Å².